The smallest absolute Gasteiger partial charge is 0.0703 e. The number of hydrogen-bond acceptors (Lipinski definition) is 3. The molecular formula is C12H26N2O. The summed E-state index contributed by atoms with van der Waals surface area (Å²) in [5.41, 5.74) is 0.240. The Hall–Kier alpha value is -0.120. The normalized spacial score (nSPS) is 24.4. The van der Waals surface area contributed by atoms with Gasteiger partial charge in [0.25, 0.3) is 0 Å². The molecule has 1 saturated heterocycles. The second kappa shape index (κ2) is 5.83. The fourth-order valence-corrected chi connectivity index (χ4v) is 1.83. The number of nitrogens with one attached hydrogen (secondary N) is 1. The van der Waals surface area contributed by atoms with Crippen LogP contribution in [0.25, 0.3) is 0 Å². The van der Waals surface area contributed by atoms with Crippen molar-refractivity contribution in [3.63, 3.8) is 0 Å². The monoisotopic (exact) mass is 214 g/mol. The third-order valence-electron chi connectivity index (χ3n) is 2.70. The van der Waals surface area contributed by atoms with Crippen molar-refractivity contribution in [3.05, 3.63) is 0 Å². The quantitative estimate of drug-likeness (QED) is 0.718. The molecule has 0 unspecified atom stereocenters. The number of ether oxygens (including phenoxy) is 1. The van der Waals surface area contributed by atoms with E-state index >= 15 is 0 Å². The second-order valence-corrected chi connectivity index (χ2v) is 5.57. The van der Waals surface area contributed by atoms with E-state index < -0.39 is 0 Å². The number of nitrogens with zero attached hydrogens (tertiary/aromatic N) is 1. The summed E-state index contributed by atoms with van der Waals surface area (Å²) >= 11 is 0. The first kappa shape index (κ1) is 12.9. The standard InChI is InChI=1S/C12H26N2O/c1-12(2,3)13-7-5-6-11-10-14(4)8-9-15-11/h11,13H,5-10H2,1-4H3/t11-/m1/s1. The molecule has 0 saturated carbocycles. The Labute approximate surface area is 94.2 Å². The van der Waals surface area contributed by atoms with Crippen LogP contribution in [0.3, 0.4) is 0 Å². The Morgan fingerprint density at radius 1 is 1.40 bits per heavy atom. The molecule has 0 amide bonds. The molecule has 1 atom stereocenters. The zero-order valence-corrected chi connectivity index (χ0v) is 10.7. The predicted molar refractivity (Wildman–Crippen MR) is 64.2 cm³/mol. The molecule has 0 radical (unpaired) electrons. The Morgan fingerprint density at radius 2 is 2.13 bits per heavy atom. The summed E-state index contributed by atoms with van der Waals surface area (Å²) in [6.45, 7) is 10.8. The van der Waals surface area contributed by atoms with Crippen LogP contribution in [-0.2, 0) is 4.74 Å². The van der Waals surface area contributed by atoms with Gasteiger partial charge in [0, 0.05) is 18.6 Å². The molecular weight excluding hydrogens is 188 g/mol. The molecule has 1 aliphatic rings. The van der Waals surface area contributed by atoms with Crippen molar-refractivity contribution in [2.45, 2.75) is 45.3 Å². The average Bonchev–Trinajstić information content (AvgIpc) is 2.11. The van der Waals surface area contributed by atoms with E-state index in [2.05, 4.69) is 38.0 Å². The van der Waals surface area contributed by atoms with Crippen LogP contribution in [0.1, 0.15) is 33.6 Å². The first-order valence-corrected chi connectivity index (χ1v) is 6.02. The maximum absolute atomic E-state index is 5.71. The largest absolute Gasteiger partial charge is 0.376 e. The van der Waals surface area contributed by atoms with E-state index in [4.69, 9.17) is 4.74 Å². The third-order valence-corrected chi connectivity index (χ3v) is 2.70. The van der Waals surface area contributed by atoms with Gasteiger partial charge in [-0.3, -0.25) is 0 Å². The summed E-state index contributed by atoms with van der Waals surface area (Å²) in [5.74, 6) is 0. The first-order chi connectivity index (χ1) is 6.97. The molecule has 1 N–H and O–H groups in total. The molecule has 1 fully saturated rings. The lowest BCUT2D eigenvalue weighted by molar-refractivity contribution is -0.0240. The fraction of sp³-hybridized carbons (Fsp3) is 1.00. The molecule has 0 aromatic carbocycles. The minimum absolute atomic E-state index is 0.240. The van der Waals surface area contributed by atoms with Crippen molar-refractivity contribution >= 4 is 0 Å². The Kier molecular flexibility index (Phi) is 5.03. The minimum atomic E-state index is 0.240. The van der Waals surface area contributed by atoms with E-state index in [1.165, 1.54) is 12.8 Å². The fourth-order valence-electron chi connectivity index (χ4n) is 1.83. The summed E-state index contributed by atoms with van der Waals surface area (Å²) in [7, 11) is 2.17. The van der Waals surface area contributed by atoms with Crippen LogP contribution in [0.4, 0.5) is 0 Å². The highest BCUT2D eigenvalue weighted by Crippen LogP contribution is 2.09. The van der Waals surface area contributed by atoms with Crippen molar-refractivity contribution in [1.82, 2.24) is 10.2 Å². The number of morpholine rings is 1. The molecule has 90 valence electrons. The number of rotatable bonds is 4. The van der Waals surface area contributed by atoms with Gasteiger partial charge in [-0.1, -0.05) is 0 Å². The van der Waals surface area contributed by atoms with E-state index in [1.807, 2.05) is 0 Å². The second-order valence-electron chi connectivity index (χ2n) is 5.57. The summed E-state index contributed by atoms with van der Waals surface area (Å²) in [6.07, 6.45) is 2.83. The van der Waals surface area contributed by atoms with Gasteiger partial charge in [0.15, 0.2) is 0 Å². The molecule has 1 aliphatic heterocycles. The van der Waals surface area contributed by atoms with Gasteiger partial charge < -0.3 is 15.0 Å². The van der Waals surface area contributed by atoms with Gasteiger partial charge in [0.1, 0.15) is 0 Å². The molecule has 0 aliphatic carbocycles. The van der Waals surface area contributed by atoms with Crippen LogP contribution in [0.15, 0.2) is 0 Å². The van der Waals surface area contributed by atoms with Gasteiger partial charge in [0.05, 0.1) is 12.7 Å². The molecule has 0 aromatic heterocycles. The lowest BCUT2D eigenvalue weighted by Crippen LogP contribution is -2.41. The SMILES string of the molecule is CN1CCO[C@H](CCCNC(C)(C)C)C1. The van der Waals surface area contributed by atoms with E-state index in [-0.39, 0.29) is 5.54 Å². The van der Waals surface area contributed by atoms with Crippen molar-refractivity contribution < 1.29 is 4.74 Å². The number of likely N-dealkylation sites (N-methyl/N-ethyl adjacent to an activating group) is 1. The van der Waals surface area contributed by atoms with Crippen molar-refractivity contribution in [2.75, 3.05) is 33.3 Å². The zero-order valence-electron chi connectivity index (χ0n) is 10.7. The van der Waals surface area contributed by atoms with E-state index in [0.717, 1.165) is 26.2 Å². The van der Waals surface area contributed by atoms with Crippen LogP contribution in [0.2, 0.25) is 0 Å². The van der Waals surface area contributed by atoms with Crippen LogP contribution >= 0.6 is 0 Å². The van der Waals surface area contributed by atoms with Gasteiger partial charge in [-0.15, -0.1) is 0 Å². The van der Waals surface area contributed by atoms with Crippen molar-refractivity contribution in [3.8, 4) is 0 Å². The highest BCUT2D eigenvalue weighted by atomic mass is 16.5. The predicted octanol–water partition coefficient (Wildman–Crippen LogP) is 1.49. The summed E-state index contributed by atoms with van der Waals surface area (Å²) in [6, 6.07) is 0. The maximum Gasteiger partial charge on any atom is 0.0703 e. The molecule has 3 heteroatoms. The highest BCUT2D eigenvalue weighted by molar-refractivity contribution is 4.72. The maximum atomic E-state index is 5.71. The van der Waals surface area contributed by atoms with E-state index in [9.17, 15) is 0 Å². The van der Waals surface area contributed by atoms with Crippen LogP contribution < -0.4 is 5.32 Å². The molecule has 1 rings (SSSR count). The Morgan fingerprint density at radius 3 is 2.73 bits per heavy atom. The van der Waals surface area contributed by atoms with Crippen LogP contribution in [0.5, 0.6) is 0 Å². The van der Waals surface area contributed by atoms with Crippen molar-refractivity contribution in [1.29, 1.82) is 0 Å². The third kappa shape index (κ3) is 6.13. The molecule has 3 nitrogen and oxygen atoms in total. The average molecular weight is 214 g/mol. The zero-order chi connectivity index (χ0) is 11.3. The van der Waals surface area contributed by atoms with Crippen LogP contribution in [-0.4, -0.2) is 49.8 Å². The number of hydrogen-bond donors (Lipinski definition) is 1. The first-order valence-electron chi connectivity index (χ1n) is 6.02. The summed E-state index contributed by atoms with van der Waals surface area (Å²) in [5, 5.41) is 3.50. The molecule has 0 spiro atoms. The van der Waals surface area contributed by atoms with Gasteiger partial charge in [0.2, 0.25) is 0 Å². The molecule has 15 heavy (non-hydrogen) atoms. The lowest BCUT2D eigenvalue weighted by atomic mass is 10.1. The Bertz CT molecular complexity index is 177. The molecule has 1 heterocycles. The highest BCUT2D eigenvalue weighted by Gasteiger charge is 2.17. The van der Waals surface area contributed by atoms with Gasteiger partial charge in [-0.2, -0.15) is 0 Å². The van der Waals surface area contributed by atoms with Crippen molar-refractivity contribution in [2.24, 2.45) is 0 Å². The summed E-state index contributed by atoms with van der Waals surface area (Å²) < 4.78 is 5.71. The van der Waals surface area contributed by atoms with Gasteiger partial charge in [-0.05, 0) is 47.2 Å². The van der Waals surface area contributed by atoms with E-state index in [0.29, 0.717) is 6.10 Å². The summed E-state index contributed by atoms with van der Waals surface area (Å²) in [4.78, 5) is 2.35. The lowest BCUT2D eigenvalue weighted by Gasteiger charge is -2.30. The molecule has 0 aromatic rings. The van der Waals surface area contributed by atoms with Gasteiger partial charge >= 0.3 is 0 Å². The van der Waals surface area contributed by atoms with Gasteiger partial charge in [-0.25, -0.2) is 0 Å². The van der Waals surface area contributed by atoms with Crippen LogP contribution in [0, 0.1) is 0 Å². The Balaban J connectivity index is 2.04. The van der Waals surface area contributed by atoms with E-state index in [1.54, 1.807) is 0 Å². The molecule has 0 bridgehead atoms. The topological polar surface area (TPSA) is 24.5 Å². The minimum Gasteiger partial charge on any atom is -0.376 e.